The van der Waals surface area contributed by atoms with Gasteiger partial charge in [0.2, 0.25) is 0 Å². The number of nitrogens with one attached hydrogen (secondary N) is 1. The molecule has 0 atom stereocenters. The van der Waals surface area contributed by atoms with E-state index in [2.05, 4.69) is 15.3 Å². The van der Waals surface area contributed by atoms with E-state index in [9.17, 15) is 4.79 Å². The molecule has 20 heavy (non-hydrogen) atoms. The standard InChI is InChI=1S/C13H12N4OS2/c1-8-7-14-12(20-8)16-11(18)10-9-5-3-4-6-17(9)13(15-10)19-2/h3-7H,1-2H3,(H,14,16,18). The van der Waals surface area contributed by atoms with Crippen LogP contribution in [0.25, 0.3) is 5.52 Å². The van der Waals surface area contributed by atoms with Crippen LogP contribution >= 0.6 is 23.1 Å². The summed E-state index contributed by atoms with van der Waals surface area (Å²) in [7, 11) is 0. The number of imidazole rings is 1. The molecule has 0 aromatic carbocycles. The second-order valence-electron chi connectivity index (χ2n) is 4.13. The summed E-state index contributed by atoms with van der Waals surface area (Å²) in [6.07, 6.45) is 5.57. The highest BCUT2D eigenvalue weighted by Crippen LogP contribution is 2.22. The number of thioether (sulfide) groups is 1. The van der Waals surface area contributed by atoms with E-state index >= 15 is 0 Å². The van der Waals surface area contributed by atoms with Gasteiger partial charge in [0, 0.05) is 17.3 Å². The van der Waals surface area contributed by atoms with E-state index in [0.29, 0.717) is 10.8 Å². The Kier molecular flexibility index (Phi) is 3.45. The molecule has 0 saturated carbocycles. The summed E-state index contributed by atoms with van der Waals surface area (Å²) >= 11 is 2.95. The normalized spacial score (nSPS) is 10.9. The molecular formula is C13H12N4OS2. The van der Waals surface area contributed by atoms with Crippen LogP contribution in [0.15, 0.2) is 35.7 Å². The van der Waals surface area contributed by atoms with Gasteiger partial charge in [-0.25, -0.2) is 9.97 Å². The van der Waals surface area contributed by atoms with E-state index in [1.807, 2.05) is 42.0 Å². The average Bonchev–Trinajstić information content (AvgIpc) is 3.02. The molecule has 7 heteroatoms. The molecule has 0 fully saturated rings. The predicted molar refractivity (Wildman–Crippen MR) is 81.8 cm³/mol. The Morgan fingerprint density at radius 2 is 2.30 bits per heavy atom. The molecular weight excluding hydrogens is 292 g/mol. The van der Waals surface area contributed by atoms with Crippen molar-refractivity contribution in [2.45, 2.75) is 12.1 Å². The second-order valence-corrected chi connectivity index (χ2v) is 6.14. The minimum atomic E-state index is -0.233. The minimum absolute atomic E-state index is 0.233. The smallest absolute Gasteiger partial charge is 0.278 e. The lowest BCUT2D eigenvalue weighted by Gasteiger charge is -1.99. The van der Waals surface area contributed by atoms with Crippen molar-refractivity contribution < 1.29 is 4.79 Å². The van der Waals surface area contributed by atoms with Gasteiger partial charge in [-0.3, -0.25) is 14.5 Å². The van der Waals surface area contributed by atoms with E-state index < -0.39 is 0 Å². The van der Waals surface area contributed by atoms with Crippen LogP contribution in [0.1, 0.15) is 15.4 Å². The molecule has 3 aromatic heterocycles. The van der Waals surface area contributed by atoms with Crippen LogP contribution in [0.2, 0.25) is 0 Å². The van der Waals surface area contributed by atoms with Crippen molar-refractivity contribution >= 4 is 39.7 Å². The van der Waals surface area contributed by atoms with Gasteiger partial charge in [0.05, 0.1) is 5.52 Å². The van der Waals surface area contributed by atoms with E-state index in [-0.39, 0.29) is 5.91 Å². The number of nitrogens with zero attached hydrogens (tertiary/aromatic N) is 3. The third-order valence-electron chi connectivity index (χ3n) is 2.76. The van der Waals surface area contributed by atoms with Crippen LogP contribution in [0.4, 0.5) is 5.13 Å². The number of fused-ring (bicyclic) bond motifs is 1. The number of rotatable bonds is 3. The Balaban J connectivity index is 1.99. The minimum Gasteiger partial charge on any atom is -0.296 e. The number of amides is 1. The first kappa shape index (κ1) is 13.1. The lowest BCUT2D eigenvalue weighted by Crippen LogP contribution is -2.12. The Morgan fingerprint density at radius 1 is 1.45 bits per heavy atom. The highest BCUT2D eigenvalue weighted by molar-refractivity contribution is 7.98. The van der Waals surface area contributed by atoms with Crippen molar-refractivity contribution in [3.63, 3.8) is 0 Å². The summed E-state index contributed by atoms with van der Waals surface area (Å²) in [5.74, 6) is -0.233. The molecule has 0 aliphatic heterocycles. The summed E-state index contributed by atoms with van der Waals surface area (Å²) in [4.78, 5) is 21.9. The summed E-state index contributed by atoms with van der Waals surface area (Å²) in [6.45, 7) is 1.95. The van der Waals surface area contributed by atoms with Crippen molar-refractivity contribution in [2.24, 2.45) is 0 Å². The first-order chi connectivity index (χ1) is 9.69. The average molecular weight is 304 g/mol. The van der Waals surface area contributed by atoms with Crippen LogP contribution in [0.3, 0.4) is 0 Å². The number of aromatic nitrogens is 3. The van der Waals surface area contributed by atoms with Gasteiger partial charge in [-0.05, 0) is 25.3 Å². The topological polar surface area (TPSA) is 59.3 Å². The van der Waals surface area contributed by atoms with Gasteiger partial charge in [-0.2, -0.15) is 0 Å². The Labute approximate surface area is 124 Å². The van der Waals surface area contributed by atoms with Gasteiger partial charge in [0.15, 0.2) is 16.0 Å². The van der Waals surface area contributed by atoms with Gasteiger partial charge >= 0.3 is 0 Å². The zero-order valence-corrected chi connectivity index (χ0v) is 12.6. The molecule has 0 aliphatic rings. The second kappa shape index (κ2) is 5.26. The molecule has 0 unspecified atom stereocenters. The maximum absolute atomic E-state index is 12.3. The summed E-state index contributed by atoms with van der Waals surface area (Å²) in [5, 5.41) is 4.18. The zero-order valence-electron chi connectivity index (χ0n) is 11.0. The maximum Gasteiger partial charge on any atom is 0.278 e. The van der Waals surface area contributed by atoms with Gasteiger partial charge in [-0.1, -0.05) is 17.8 Å². The number of carbonyl (C=O) groups is 1. The van der Waals surface area contributed by atoms with Crippen LogP contribution in [-0.4, -0.2) is 26.5 Å². The SMILES string of the molecule is CSc1nc(C(=O)Nc2ncc(C)s2)c2ccccn12. The van der Waals surface area contributed by atoms with Gasteiger partial charge in [0.1, 0.15) is 0 Å². The third kappa shape index (κ3) is 2.30. The summed E-state index contributed by atoms with van der Waals surface area (Å²) in [6, 6.07) is 5.69. The molecule has 3 rings (SSSR count). The molecule has 3 heterocycles. The van der Waals surface area contributed by atoms with Crippen LogP contribution in [0.5, 0.6) is 0 Å². The number of pyridine rings is 1. The Bertz CT molecular complexity index is 778. The zero-order chi connectivity index (χ0) is 14.1. The Hall–Kier alpha value is -1.86. The molecule has 0 saturated heterocycles. The predicted octanol–water partition coefficient (Wildman–Crippen LogP) is 3.07. The first-order valence-corrected chi connectivity index (χ1v) is 7.98. The molecule has 0 spiro atoms. The van der Waals surface area contributed by atoms with Crippen molar-refractivity contribution in [1.29, 1.82) is 0 Å². The fourth-order valence-electron chi connectivity index (χ4n) is 1.89. The quantitative estimate of drug-likeness (QED) is 0.755. The fourth-order valence-corrected chi connectivity index (χ4v) is 3.09. The van der Waals surface area contributed by atoms with Crippen molar-refractivity contribution in [3.05, 3.63) is 41.2 Å². The molecule has 0 radical (unpaired) electrons. The van der Waals surface area contributed by atoms with Crippen LogP contribution in [-0.2, 0) is 0 Å². The molecule has 1 N–H and O–H groups in total. The number of aryl methyl sites for hydroxylation is 1. The number of anilines is 1. The van der Waals surface area contributed by atoms with Gasteiger partial charge < -0.3 is 0 Å². The van der Waals surface area contributed by atoms with E-state index in [4.69, 9.17) is 0 Å². The molecule has 102 valence electrons. The van der Waals surface area contributed by atoms with E-state index in [1.165, 1.54) is 23.1 Å². The van der Waals surface area contributed by atoms with E-state index in [1.54, 1.807) is 6.20 Å². The number of hydrogen-bond donors (Lipinski definition) is 1. The summed E-state index contributed by atoms with van der Waals surface area (Å²) < 4.78 is 1.91. The fraction of sp³-hybridized carbons (Fsp3) is 0.154. The van der Waals surface area contributed by atoms with Gasteiger partial charge in [0.25, 0.3) is 5.91 Å². The Morgan fingerprint density at radius 3 is 3.00 bits per heavy atom. The lowest BCUT2D eigenvalue weighted by molar-refractivity contribution is 0.102. The van der Waals surface area contributed by atoms with E-state index in [0.717, 1.165) is 15.6 Å². The van der Waals surface area contributed by atoms with Crippen molar-refractivity contribution in [1.82, 2.24) is 14.4 Å². The van der Waals surface area contributed by atoms with Crippen LogP contribution in [0, 0.1) is 6.92 Å². The molecule has 0 aliphatic carbocycles. The number of carbonyl (C=O) groups excluding carboxylic acids is 1. The van der Waals surface area contributed by atoms with Crippen molar-refractivity contribution in [3.8, 4) is 0 Å². The number of thiazole rings is 1. The molecule has 1 amide bonds. The largest absolute Gasteiger partial charge is 0.296 e. The number of hydrogen-bond acceptors (Lipinski definition) is 5. The highest BCUT2D eigenvalue weighted by atomic mass is 32.2. The van der Waals surface area contributed by atoms with Crippen LogP contribution < -0.4 is 5.32 Å². The molecule has 0 bridgehead atoms. The van der Waals surface area contributed by atoms with Gasteiger partial charge in [-0.15, -0.1) is 11.3 Å². The maximum atomic E-state index is 12.3. The van der Waals surface area contributed by atoms with Crippen molar-refractivity contribution in [2.75, 3.05) is 11.6 Å². The first-order valence-electron chi connectivity index (χ1n) is 5.94. The molecule has 5 nitrogen and oxygen atoms in total. The third-order valence-corrected chi connectivity index (χ3v) is 4.24. The highest BCUT2D eigenvalue weighted by Gasteiger charge is 2.17. The lowest BCUT2D eigenvalue weighted by atomic mass is 10.3. The summed E-state index contributed by atoms with van der Waals surface area (Å²) in [5.41, 5.74) is 1.21. The monoisotopic (exact) mass is 304 g/mol. The molecule has 3 aromatic rings.